The Morgan fingerprint density at radius 3 is 2.31 bits per heavy atom. The number of anilines is 2. The van der Waals surface area contributed by atoms with Crippen LogP contribution in [0.15, 0.2) is 61.2 Å². The van der Waals surface area contributed by atoms with Gasteiger partial charge in [0.25, 0.3) is 0 Å². The molecule has 1 atom stereocenters. The first-order valence-corrected chi connectivity index (χ1v) is 12.4. The van der Waals surface area contributed by atoms with Crippen molar-refractivity contribution < 1.29 is 23.8 Å². The zero-order chi connectivity index (χ0) is 25.9. The summed E-state index contributed by atoms with van der Waals surface area (Å²) in [5, 5.41) is 0. The molecule has 2 aromatic carbocycles. The third kappa shape index (κ3) is 8.57. The van der Waals surface area contributed by atoms with E-state index in [4.69, 9.17) is 25.7 Å². The Hall–Kier alpha value is -3.58. The third-order valence-corrected chi connectivity index (χ3v) is 6.17. The second kappa shape index (κ2) is 13.5. The highest BCUT2D eigenvalue weighted by Gasteiger charge is 2.24. The number of carbonyl (C=O) groups excluding carboxylic acids is 2. The third-order valence-electron chi connectivity index (χ3n) is 6.17. The molecule has 1 aliphatic carbocycles. The van der Waals surface area contributed by atoms with Crippen LogP contribution in [0.1, 0.15) is 66.4 Å². The van der Waals surface area contributed by atoms with Gasteiger partial charge in [-0.2, -0.15) is 0 Å². The van der Waals surface area contributed by atoms with Crippen molar-refractivity contribution >= 4 is 29.4 Å². The lowest BCUT2D eigenvalue weighted by molar-refractivity contribution is -0.138. The lowest BCUT2D eigenvalue weighted by atomic mass is 9.95. The van der Waals surface area contributed by atoms with Crippen LogP contribution in [0.5, 0.6) is 0 Å². The standard InChI is InChI=1S/C29H36N2O5/c1-3-4-15-34-26-10-12-27(13-11-26)36-29(33)22-8-5-21(6-9-22)7-14-28(32)35-19-20(2)23-16-24(30)18-25(31)17-23/h3,5-9,14,16-18,20,26-27H,1,4,10-13,15,19,30-31H2,2H3/b14-7+. The van der Waals surface area contributed by atoms with Gasteiger partial charge in [-0.25, -0.2) is 9.59 Å². The molecule has 0 aromatic heterocycles. The van der Waals surface area contributed by atoms with Crippen molar-refractivity contribution in [2.45, 2.75) is 57.2 Å². The lowest BCUT2D eigenvalue weighted by Crippen LogP contribution is -2.28. The quantitative estimate of drug-likeness (QED) is 0.144. The molecule has 192 valence electrons. The van der Waals surface area contributed by atoms with Crippen molar-refractivity contribution in [1.29, 1.82) is 0 Å². The van der Waals surface area contributed by atoms with E-state index in [1.54, 1.807) is 36.4 Å². The Morgan fingerprint density at radius 1 is 1.03 bits per heavy atom. The Morgan fingerprint density at radius 2 is 1.67 bits per heavy atom. The number of ether oxygens (including phenoxy) is 3. The van der Waals surface area contributed by atoms with Gasteiger partial charge in [0.2, 0.25) is 0 Å². The Balaban J connectivity index is 1.41. The SMILES string of the molecule is C=CCCOC1CCC(OC(=O)c2ccc(/C=C/C(=O)OCC(C)c3cc(N)cc(N)c3)cc2)CC1. The summed E-state index contributed by atoms with van der Waals surface area (Å²) in [6.07, 6.45) is 9.24. The van der Waals surface area contributed by atoms with Crippen LogP contribution in [0.25, 0.3) is 6.08 Å². The van der Waals surface area contributed by atoms with E-state index in [1.165, 1.54) is 6.08 Å². The summed E-state index contributed by atoms with van der Waals surface area (Å²) >= 11 is 0. The Labute approximate surface area is 213 Å². The van der Waals surface area contributed by atoms with E-state index >= 15 is 0 Å². The highest BCUT2D eigenvalue weighted by atomic mass is 16.5. The fourth-order valence-electron chi connectivity index (χ4n) is 4.09. The summed E-state index contributed by atoms with van der Waals surface area (Å²) in [5.41, 5.74) is 15.0. The van der Waals surface area contributed by atoms with Gasteiger partial charge in [0.15, 0.2) is 0 Å². The summed E-state index contributed by atoms with van der Waals surface area (Å²) in [6.45, 7) is 6.53. The van der Waals surface area contributed by atoms with E-state index in [2.05, 4.69) is 6.58 Å². The van der Waals surface area contributed by atoms with E-state index in [-0.39, 0.29) is 30.7 Å². The molecule has 1 fully saturated rings. The average molecular weight is 493 g/mol. The van der Waals surface area contributed by atoms with E-state index in [0.717, 1.165) is 43.2 Å². The first-order chi connectivity index (χ1) is 17.3. The molecule has 0 spiro atoms. The predicted octanol–water partition coefficient (Wildman–Crippen LogP) is 5.27. The molecular weight excluding hydrogens is 456 g/mol. The molecule has 1 unspecified atom stereocenters. The summed E-state index contributed by atoms with van der Waals surface area (Å²) in [7, 11) is 0. The van der Waals surface area contributed by atoms with Crippen molar-refractivity contribution in [3.63, 3.8) is 0 Å². The van der Waals surface area contributed by atoms with Crippen LogP contribution in [0, 0.1) is 0 Å². The van der Waals surface area contributed by atoms with Gasteiger partial charge < -0.3 is 25.7 Å². The van der Waals surface area contributed by atoms with Crippen molar-refractivity contribution in [1.82, 2.24) is 0 Å². The molecule has 1 aliphatic rings. The number of carbonyl (C=O) groups is 2. The molecule has 0 aliphatic heterocycles. The molecule has 4 N–H and O–H groups in total. The molecule has 0 amide bonds. The van der Waals surface area contributed by atoms with Crippen LogP contribution in [0.2, 0.25) is 0 Å². The summed E-state index contributed by atoms with van der Waals surface area (Å²) in [4.78, 5) is 24.7. The zero-order valence-electron chi connectivity index (χ0n) is 20.9. The second-order valence-electron chi connectivity index (χ2n) is 9.17. The molecule has 2 aromatic rings. The van der Waals surface area contributed by atoms with Gasteiger partial charge in [-0.1, -0.05) is 25.1 Å². The van der Waals surface area contributed by atoms with Gasteiger partial charge in [0, 0.05) is 23.4 Å². The maximum Gasteiger partial charge on any atom is 0.338 e. The van der Waals surface area contributed by atoms with Crippen LogP contribution >= 0.6 is 0 Å². The van der Waals surface area contributed by atoms with Gasteiger partial charge in [-0.3, -0.25) is 0 Å². The molecular formula is C29H36N2O5. The molecule has 0 radical (unpaired) electrons. The number of hydrogen-bond acceptors (Lipinski definition) is 7. The van der Waals surface area contributed by atoms with Gasteiger partial charge in [0.1, 0.15) is 6.10 Å². The molecule has 1 saturated carbocycles. The van der Waals surface area contributed by atoms with E-state index in [0.29, 0.717) is 23.5 Å². The fraction of sp³-hybridized carbons (Fsp3) is 0.379. The highest BCUT2D eigenvalue weighted by Crippen LogP contribution is 2.25. The first kappa shape index (κ1) is 27.0. The highest BCUT2D eigenvalue weighted by molar-refractivity contribution is 5.90. The summed E-state index contributed by atoms with van der Waals surface area (Å²) in [5.74, 6) is -0.832. The van der Waals surface area contributed by atoms with Crippen molar-refractivity contribution in [2.75, 3.05) is 24.7 Å². The maximum atomic E-state index is 12.5. The van der Waals surface area contributed by atoms with Crippen LogP contribution in [0.3, 0.4) is 0 Å². The average Bonchev–Trinajstić information content (AvgIpc) is 2.87. The minimum Gasteiger partial charge on any atom is -0.462 e. The van der Waals surface area contributed by atoms with Gasteiger partial charge >= 0.3 is 11.9 Å². The summed E-state index contributed by atoms with van der Waals surface area (Å²) < 4.78 is 16.8. The topological polar surface area (TPSA) is 114 Å². The van der Waals surface area contributed by atoms with Crippen molar-refractivity contribution in [2.24, 2.45) is 0 Å². The van der Waals surface area contributed by atoms with E-state index in [9.17, 15) is 9.59 Å². The van der Waals surface area contributed by atoms with Gasteiger partial charge in [-0.05, 0) is 79.6 Å². The second-order valence-corrected chi connectivity index (χ2v) is 9.17. The molecule has 0 heterocycles. The van der Waals surface area contributed by atoms with Crippen molar-refractivity contribution in [3.8, 4) is 0 Å². The Bertz CT molecular complexity index is 1040. The number of benzene rings is 2. The smallest absolute Gasteiger partial charge is 0.338 e. The van der Waals surface area contributed by atoms with Crippen LogP contribution in [-0.2, 0) is 19.0 Å². The zero-order valence-corrected chi connectivity index (χ0v) is 20.9. The molecule has 7 heteroatoms. The summed E-state index contributed by atoms with van der Waals surface area (Å²) in [6, 6.07) is 12.3. The Kier molecular flexibility index (Phi) is 10.1. The minimum absolute atomic E-state index is 0.0433. The fourth-order valence-corrected chi connectivity index (χ4v) is 4.09. The molecule has 3 rings (SSSR count). The normalized spacial score (nSPS) is 18.5. The first-order valence-electron chi connectivity index (χ1n) is 12.4. The van der Waals surface area contributed by atoms with Crippen molar-refractivity contribution in [3.05, 3.63) is 77.9 Å². The van der Waals surface area contributed by atoms with E-state index in [1.807, 2.05) is 25.1 Å². The van der Waals surface area contributed by atoms with Crippen LogP contribution in [-0.4, -0.2) is 37.4 Å². The van der Waals surface area contributed by atoms with Gasteiger partial charge in [0.05, 0.1) is 24.9 Å². The molecule has 7 nitrogen and oxygen atoms in total. The minimum atomic E-state index is -0.453. The molecule has 0 bridgehead atoms. The van der Waals surface area contributed by atoms with E-state index < -0.39 is 5.97 Å². The molecule has 0 saturated heterocycles. The predicted molar refractivity (Wildman–Crippen MR) is 142 cm³/mol. The number of nitrogen functional groups attached to an aromatic ring is 2. The number of nitrogens with two attached hydrogens (primary N) is 2. The lowest BCUT2D eigenvalue weighted by Gasteiger charge is -2.28. The monoisotopic (exact) mass is 492 g/mol. The molecule has 36 heavy (non-hydrogen) atoms. The van der Waals surface area contributed by atoms with Gasteiger partial charge in [-0.15, -0.1) is 6.58 Å². The largest absolute Gasteiger partial charge is 0.462 e. The number of hydrogen-bond donors (Lipinski definition) is 2. The van der Waals surface area contributed by atoms with Crippen LogP contribution in [0.4, 0.5) is 11.4 Å². The number of rotatable bonds is 11. The maximum absolute atomic E-state index is 12.5. The number of esters is 2. The van der Waals surface area contributed by atoms with Crippen LogP contribution < -0.4 is 11.5 Å².